The third kappa shape index (κ3) is 2.78. The Morgan fingerprint density at radius 3 is 2.83 bits per heavy atom. The highest BCUT2D eigenvalue weighted by Gasteiger charge is 2.30. The summed E-state index contributed by atoms with van der Waals surface area (Å²) in [5, 5.41) is 18.4. The normalized spacial score (nSPS) is 13.1. The van der Waals surface area contributed by atoms with Gasteiger partial charge >= 0.3 is 0 Å². The summed E-state index contributed by atoms with van der Waals surface area (Å²) in [7, 11) is 1.81. The lowest BCUT2D eigenvalue weighted by Crippen LogP contribution is -2.29. The molecular formula is C21H17N5O3S. The molecule has 0 bridgehead atoms. The highest BCUT2D eigenvalue weighted by Crippen LogP contribution is 2.35. The van der Waals surface area contributed by atoms with Crippen LogP contribution in [0.5, 0.6) is 0 Å². The Bertz CT molecular complexity index is 1330. The molecule has 0 spiro atoms. The number of pyridine rings is 1. The van der Waals surface area contributed by atoms with Crippen molar-refractivity contribution in [2.24, 2.45) is 7.05 Å². The minimum atomic E-state index is -0.438. The third-order valence-electron chi connectivity index (χ3n) is 5.39. The highest BCUT2D eigenvalue weighted by atomic mass is 32.1. The van der Waals surface area contributed by atoms with Gasteiger partial charge in [0.05, 0.1) is 37.8 Å². The number of rotatable bonds is 3. The van der Waals surface area contributed by atoms with Gasteiger partial charge in [-0.1, -0.05) is 12.1 Å². The maximum absolute atomic E-state index is 13.7. The molecular weight excluding hydrogens is 402 g/mol. The zero-order chi connectivity index (χ0) is 21.0. The van der Waals surface area contributed by atoms with E-state index in [1.165, 1.54) is 12.1 Å². The molecule has 1 aliphatic rings. The molecule has 0 fully saturated rings. The Hall–Kier alpha value is -3.59. The van der Waals surface area contributed by atoms with E-state index < -0.39 is 4.92 Å². The molecule has 1 amide bonds. The predicted molar refractivity (Wildman–Crippen MR) is 115 cm³/mol. The van der Waals surface area contributed by atoms with Gasteiger partial charge in [-0.15, -0.1) is 11.3 Å². The van der Waals surface area contributed by atoms with Gasteiger partial charge in [0.1, 0.15) is 0 Å². The molecule has 0 unspecified atom stereocenters. The second-order valence-electron chi connectivity index (χ2n) is 7.22. The second-order valence-corrected chi connectivity index (χ2v) is 8.16. The van der Waals surface area contributed by atoms with Crippen molar-refractivity contribution in [1.29, 1.82) is 0 Å². The lowest BCUT2D eigenvalue weighted by atomic mass is 10.1. The van der Waals surface area contributed by atoms with Crippen LogP contribution in [0.15, 0.2) is 41.8 Å². The maximum Gasteiger partial charge on any atom is 0.271 e. The molecule has 3 aromatic heterocycles. The molecule has 30 heavy (non-hydrogen) atoms. The van der Waals surface area contributed by atoms with Crippen LogP contribution in [0.4, 0.5) is 11.4 Å². The number of carbonyl (C=O) groups excluding carboxylic acids is 1. The van der Waals surface area contributed by atoms with Gasteiger partial charge in [0.15, 0.2) is 5.65 Å². The van der Waals surface area contributed by atoms with Crippen LogP contribution in [0.3, 0.4) is 0 Å². The number of nitro benzene ring substituents is 1. The molecule has 5 rings (SSSR count). The zero-order valence-electron chi connectivity index (χ0n) is 16.3. The van der Waals surface area contributed by atoms with E-state index in [4.69, 9.17) is 4.98 Å². The summed E-state index contributed by atoms with van der Waals surface area (Å²) in [6.45, 7) is 2.33. The number of nitrogens with zero attached hydrogens (tertiary/aromatic N) is 5. The molecule has 4 aromatic rings. The van der Waals surface area contributed by atoms with Crippen LogP contribution in [-0.2, 0) is 13.5 Å². The van der Waals surface area contributed by atoms with E-state index in [1.54, 1.807) is 33.1 Å². The molecule has 0 N–H and O–H groups in total. The fourth-order valence-corrected chi connectivity index (χ4v) is 4.69. The van der Waals surface area contributed by atoms with E-state index in [-0.39, 0.29) is 11.6 Å². The van der Waals surface area contributed by atoms with Gasteiger partial charge in [0.2, 0.25) is 0 Å². The van der Waals surface area contributed by atoms with Gasteiger partial charge in [0.25, 0.3) is 11.6 Å². The molecule has 4 heterocycles. The number of thiophene rings is 1. The van der Waals surface area contributed by atoms with Gasteiger partial charge in [-0.25, -0.2) is 4.98 Å². The fraction of sp³-hybridized carbons (Fsp3) is 0.190. The minimum absolute atomic E-state index is 0.0230. The SMILES string of the molecule is Cc1nn(C)c2nc(-c3cccs3)cc(C(=O)N3CCc4ccc([N+](=O)[O-])cc43)c12. The molecule has 1 aliphatic heterocycles. The van der Waals surface area contributed by atoms with Crippen LogP contribution >= 0.6 is 11.3 Å². The van der Waals surface area contributed by atoms with Crippen LogP contribution < -0.4 is 4.90 Å². The number of non-ortho nitro benzene ring substituents is 1. The molecule has 0 saturated heterocycles. The van der Waals surface area contributed by atoms with E-state index in [0.29, 0.717) is 40.9 Å². The summed E-state index contributed by atoms with van der Waals surface area (Å²) in [6.07, 6.45) is 0.664. The van der Waals surface area contributed by atoms with Crippen LogP contribution in [0, 0.1) is 17.0 Å². The number of fused-ring (bicyclic) bond motifs is 2. The molecule has 9 heteroatoms. The third-order valence-corrected chi connectivity index (χ3v) is 6.29. The van der Waals surface area contributed by atoms with E-state index in [9.17, 15) is 14.9 Å². The molecule has 150 valence electrons. The molecule has 8 nitrogen and oxygen atoms in total. The van der Waals surface area contributed by atoms with Crippen molar-refractivity contribution in [2.45, 2.75) is 13.3 Å². The monoisotopic (exact) mass is 419 g/mol. The fourth-order valence-electron chi connectivity index (χ4n) is 4.00. The molecule has 0 aliphatic carbocycles. The van der Waals surface area contributed by atoms with Crippen LogP contribution in [-0.4, -0.2) is 32.1 Å². The molecule has 0 saturated carbocycles. The van der Waals surface area contributed by atoms with E-state index in [2.05, 4.69) is 5.10 Å². The van der Waals surface area contributed by atoms with E-state index in [1.807, 2.05) is 31.5 Å². The van der Waals surface area contributed by atoms with Gasteiger partial charge in [0, 0.05) is 25.7 Å². The average Bonchev–Trinajstić information content (AvgIpc) is 3.46. The largest absolute Gasteiger partial charge is 0.307 e. The summed E-state index contributed by atoms with van der Waals surface area (Å²) in [4.78, 5) is 31.8. The van der Waals surface area contributed by atoms with Crippen molar-refractivity contribution in [1.82, 2.24) is 14.8 Å². The number of anilines is 1. The predicted octanol–water partition coefficient (Wildman–Crippen LogP) is 4.12. The lowest BCUT2D eigenvalue weighted by Gasteiger charge is -2.18. The first-order valence-electron chi connectivity index (χ1n) is 9.41. The van der Waals surface area contributed by atoms with Gasteiger partial charge < -0.3 is 4.90 Å². The first-order chi connectivity index (χ1) is 14.4. The van der Waals surface area contributed by atoms with Crippen molar-refractivity contribution >= 4 is 39.7 Å². The Balaban J connectivity index is 1.68. The smallest absolute Gasteiger partial charge is 0.271 e. The second kappa shape index (κ2) is 6.74. The average molecular weight is 419 g/mol. The number of benzene rings is 1. The van der Waals surface area contributed by atoms with Crippen molar-refractivity contribution < 1.29 is 9.72 Å². The Morgan fingerprint density at radius 2 is 2.10 bits per heavy atom. The number of amides is 1. The summed E-state index contributed by atoms with van der Waals surface area (Å²) >= 11 is 1.55. The molecule has 0 radical (unpaired) electrons. The summed E-state index contributed by atoms with van der Waals surface area (Å²) < 4.78 is 1.68. The Morgan fingerprint density at radius 1 is 1.27 bits per heavy atom. The van der Waals surface area contributed by atoms with Gasteiger partial charge in [-0.05, 0) is 36.4 Å². The summed E-state index contributed by atoms with van der Waals surface area (Å²) in [5.41, 5.74) is 4.08. The number of aryl methyl sites for hydroxylation is 2. The van der Waals surface area contributed by atoms with Crippen molar-refractivity contribution in [2.75, 3.05) is 11.4 Å². The molecule has 1 aromatic carbocycles. The van der Waals surface area contributed by atoms with E-state index >= 15 is 0 Å². The van der Waals surface area contributed by atoms with Gasteiger partial charge in [-0.2, -0.15) is 5.10 Å². The van der Waals surface area contributed by atoms with Crippen LogP contribution in [0.1, 0.15) is 21.6 Å². The number of aromatic nitrogens is 3. The molecule has 0 atom stereocenters. The maximum atomic E-state index is 13.7. The van der Waals surface area contributed by atoms with Gasteiger partial charge in [-0.3, -0.25) is 19.6 Å². The number of nitro groups is 1. The standard InChI is InChI=1S/C21H17N5O3S/c1-12-19-15(11-16(18-4-3-9-30-18)22-20(19)24(2)23-12)21(27)25-8-7-13-5-6-14(26(28)29)10-17(13)25/h3-6,9-11H,7-8H2,1-2H3. The van der Waals surface area contributed by atoms with Crippen molar-refractivity contribution in [3.05, 3.63) is 68.7 Å². The number of hydrogen-bond acceptors (Lipinski definition) is 6. The first-order valence-corrected chi connectivity index (χ1v) is 10.3. The van der Waals surface area contributed by atoms with Crippen LogP contribution in [0.2, 0.25) is 0 Å². The quantitative estimate of drug-likeness (QED) is 0.368. The highest BCUT2D eigenvalue weighted by molar-refractivity contribution is 7.13. The summed E-state index contributed by atoms with van der Waals surface area (Å²) in [5.74, 6) is -0.199. The Labute approximate surface area is 175 Å². The summed E-state index contributed by atoms with van der Waals surface area (Å²) in [6, 6.07) is 10.4. The minimum Gasteiger partial charge on any atom is -0.307 e. The lowest BCUT2D eigenvalue weighted by molar-refractivity contribution is -0.384. The number of carbonyl (C=O) groups is 1. The van der Waals surface area contributed by atoms with Crippen LogP contribution in [0.25, 0.3) is 21.6 Å². The van der Waals surface area contributed by atoms with E-state index in [0.717, 1.165) is 16.1 Å². The number of hydrogen-bond donors (Lipinski definition) is 0. The Kier molecular flexibility index (Phi) is 4.14. The first kappa shape index (κ1) is 18.4. The van der Waals surface area contributed by atoms with Crippen molar-refractivity contribution in [3.63, 3.8) is 0 Å². The van der Waals surface area contributed by atoms with Crippen molar-refractivity contribution in [3.8, 4) is 10.6 Å². The topological polar surface area (TPSA) is 94.2 Å². The zero-order valence-corrected chi connectivity index (χ0v) is 17.1.